The summed E-state index contributed by atoms with van der Waals surface area (Å²) in [4.78, 5) is 23.5. The summed E-state index contributed by atoms with van der Waals surface area (Å²) in [6.07, 6.45) is -4.68. The van der Waals surface area contributed by atoms with Gasteiger partial charge in [0.2, 0.25) is 5.95 Å². The van der Waals surface area contributed by atoms with Gasteiger partial charge in [-0.2, -0.15) is 18.2 Å². The van der Waals surface area contributed by atoms with Crippen molar-refractivity contribution in [1.82, 2.24) is 14.9 Å². The van der Waals surface area contributed by atoms with E-state index in [4.69, 9.17) is 5.11 Å². The fraction of sp³-hybridized carbons (Fsp3) is 0.643. The third-order valence-electron chi connectivity index (χ3n) is 4.44. The monoisotopic (exact) mass is 345 g/mol. The van der Waals surface area contributed by atoms with E-state index in [9.17, 15) is 18.0 Å². The highest BCUT2D eigenvalue weighted by Crippen LogP contribution is 2.33. The summed E-state index contributed by atoms with van der Waals surface area (Å²) in [7, 11) is 0. The number of carboxylic acid groups (broad SMARTS) is 1. The molecule has 0 saturated carbocycles. The van der Waals surface area contributed by atoms with Gasteiger partial charge in [-0.15, -0.1) is 0 Å². The molecule has 0 spiro atoms. The predicted octanol–water partition coefficient (Wildman–Crippen LogP) is 1.89. The smallest absolute Gasteiger partial charge is 0.433 e. The van der Waals surface area contributed by atoms with Crippen molar-refractivity contribution in [2.45, 2.75) is 25.6 Å². The van der Waals surface area contributed by atoms with Crippen LogP contribution < -0.4 is 9.80 Å². The molecule has 1 atom stereocenters. The van der Waals surface area contributed by atoms with Crippen LogP contribution in [0, 0.1) is 0 Å². The maximum atomic E-state index is 13.2. The molecule has 0 bridgehead atoms. The molecule has 3 heterocycles. The second kappa shape index (κ2) is 5.99. The van der Waals surface area contributed by atoms with E-state index in [1.807, 2.05) is 6.92 Å². The first-order valence-electron chi connectivity index (χ1n) is 7.71. The minimum Gasteiger partial charge on any atom is -0.465 e. The number of aromatic nitrogens is 2. The SMILES string of the molecule is CC1CCN1c1nc(N2CCN(C(=O)O)CC2)cc(C(F)(F)F)n1. The molecule has 3 rings (SSSR count). The Hall–Kier alpha value is -2.26. The number of amides is 1. The summed E-state index contributed by atoms with van der Waals surface area (Å²) in [6.45, 7) is 3.62. The second-order valence-electron chi connectivity index (χ2n) is 6.00. The topological polar surface area (TPSA) is 72.8 Å². The van der Waals surface area contributed by atoms with Gasteiger partial charge in [0.15, 0.2) is 5.69 Å². The summed E-state index contributed by atoms with van der Waals surface area (Å²) in [5, 5.41) is 8.96. The summed E-state index contributed by atoms with van der Waals surface area (Å²) in [5.74, 6) is 0.274. The van der Waals surface area contributed by atoms with Crippen molar-refractivity contribution in [3.05, 3.63) is 11.8 Å². The Morgan fingerprint density at radius 2 is 1.88 bits per heavy atom. The van der Waals surface area contributed by atoms with E-state index < -0.39 is 18.0 Å². The van der Waals surface area contributed by atoms with Gasteiger partial charge in [0, 0.05) is 44.8 Å². The summed E-state index contributed by atoms with van der Waals surface area (Å²) >= 11 is 0. The number of halogens is 3. The molecule has 2 saturated heterocycles. The Labute approximate surface area is 136 Å². The lowest BCUT2D eigenvalue weighted by atomic mass is 10.1. The highest BCUT2D eigenvalue weighted by Gasteiger charge is 2.36. The minimum absolute atomic E-state index is 0.0826. The van der Waals surface area contributed by atoms with Crippen LogP contribution in [0.3, 0.4) is 0 Å². The van der Waals surface area contributed by atoms with Gasteiger partial charge in [-0.3, -0.25) is 0 Å². The van der Waals surface area contributed by atoms with Crippen LogP contribution in [0.2, 0.25) is 0 Å². The zero-order chi connectivity index (χ0) is 17.5. The molecule has 1 amide bonds. The van der Waals surface area contributed by atoms with Crippen molar-refractivity contribution in [2.75, 3.05) is 42.5 Å². The lowest BCUT2D eigenvalue weighted by Crippen LogP contribution is -2.49. The van der Waals surface area contributed by atoms with E-state index in [2.05, 4.69) is 9.97 Å². The molecule has 7 nitrogen and oxygen atoms in total. The predicted molar refractivity (Wildman–Crippen MR) is 80.3 cm³/mol. The minimum atomic E-state index is -4.55. The van der Waals surface area contributed by atoms with Gasteiger partial charge >= 0.3 is 12.3 Å². The largest absolute Gasteiger partial charge is 0.465 e. The van der Waals surface area contributed by atoms with E-state index in [1.165, 1.54) is 4.90 Å². The van der Waals surface area contributed by atoms with Crippen LogP contribution in [0.5, 0.6) is 0 Å². The van der Waals surface area contributed by atoms with Crippen LogP contribution in [-0.2, 0) is 6.18 Å². The molecule has 1 N–H and O–H groups in total. The normalized spacial score (nSPS) is 21.7. The lowest BCUT2D eigenvalue weighted by molar-refractivity contribution is -0.141. The van der Waals surface area contributed by atoms with E-state index in [0.717, 1.165) is 12.5 Å². The Morgan fingerprint density at radius 1 is 1.21 bits per heavy atom. The molecule has 10 heteroatoms. The van der Waals surface area contributed by atoms with Gasteiger partial charge in [0.25, 0.3) is 0 Å². The third kappa shape index (κ3) is 3.17. The van der Waals surface area contributed by atoms with Gasteiger partial charge in [0.05, 0.1) is 0 Å². The second-order valence-corrected chi connectivity index (χ2v) is 6.00. The number of rotatable bonds is 2. The van der Waals surface area contributed by atoms with Crippen LogP contribution in [0.1, 0.15) is 19.0 Å². The van der Waals surface area contributed by atoms with E-state index in [1.54, 1.807) is 9.80 Å². The molecule has 2 aliphatic heterocycles. The van der Waals surface area contributed by atoms with Crippen molar-refractivity contribution in [1.29, 1.82) is 0 Å². The molecular weight excluding hydrogens is 327 g/mol. The van der Waals surface area contributed by atoms with Crippen molar-refractivity contribution < 1.29 is 23.1 Å². The molecule has 1 aromatic rings. The van der Waals surface area contributed by atoms with Crippen LogP contribution in [0.15, 0.2) is 6.07 Å². The maximum absolute atomic E-state index is 13.2. The molecule has 2 aliphatic rings. The van der Waals surface area contributed by atoms with Crippen LogP contribution >= 0.6 is 0 Å². The number of piperazine rings is 1. The summed E-state index contributed by atoms with van der Waals surface area (Å²) in [6, 6.07) is 1.05. The van der Waals surface area contributed by atoms with E-state index >= 15 is 0 Å². The van der Waals surface area contributed by atoms with E-state index in [0.29, 0.717) is 19.6 Å². The molecule has 0 aromatic carbocycles. The lowest BCUT2D eigenvalue weighted by Gasteiger charge is -2.40. The average Bonchev–Trinajstić information content (AvgIpc) is 2.52. The third-order valence-corrected chi connectivity index (χ3v) is 4.44. The Balaban J connectivity index is 1.87. The average molecular weight is 345 g/mol. The van der Waals surface area contributed by atoms with Gasteiger partial charge in [0.1, 0.15) is 5.82 Å². The van der Waals surface area contributed by atoms with Gasteiger partial charge < -0.3 is 19.8 Å². The van der Waals surface area contributed by atoms with Gasteiger partial charge in [-0.25, -0.2) is 9.78 Å². The molecule has 0 aliphatic carbocycles. The van der Waals surface area contributed by atoms with Crippen LogP contribution in [0.4, 0.5) is 29.7 Å². The van der Waals surface area contributed by atoms with Crippen molar-refractivity contribution in [2.24, 2.45) is 0 Å². The molecule has 0 radical (unpaired) electrons. The Morgan fingerprint density at radius 3 is 2.33 bits per heavy atom. The zero-order valence-corrected chi connectivity index (χ0v) is 13.1. The number of nitrogens with zero attached hydrogens (tertiary/aromatic N) is 5. The van der Waals surface area contributed by atoms with E-state index in [-0.39, 0.29) is 30.9 Å². The standard InChI is InChI=1S/C14H18F3N5O2/c1-9-2-3-22(9)12-18-10(14(15,16)17)8-11(19-12)20-4-6-21(7-5-20)13(23)24/h8-9H,2-7H2,1H3,(H,23,24). The fourth-order valence-electron chi connectivity index (χ4n) is 2.80. The molecule has 1 aromatic heterocycles. The first-order chi connectivity index (χ1) is 11.3. The van der Waals surface area contributed by atoms with Crippen LogP contribution in [0.25, 0.3) is 0 Å². The Bertz CT molecular complexity index is 631. The molecule has 2 fully saturated rings. The quantitative estimate of drug-likeness (QED) is 0.883. The van der Waals surface area contributed by atoms with Crippen LogP contribution in [-0.4, -0.2) is 64.8 Å². The number of anilines is 2. The molecular formula is C14H18F3N5O2. The summed E-state index contributed by atoms with van der Waals surface area (Å²) in [5.41, 5.74) is -0.970. The number of hydrogen-bond acceptors (Lipinski definition) is 5. The van der Waals surface area contributed by atoms with Gasteiger partial charge in [-0.05, 0) is 13.3 Å². The highest BCUT2D eigenvalue weighted by molar-refractivity contribution is 5.65. The number of alkyl halides is 3. The molecule has 132 valence electrons. The van der Waals surface area contributed by atoms with Crippen molar-refractivity contribution in [3.63, 3.8) is 0 Å². The molecule has 1 unspecified atom stereocenters. The fourth-order valence-corrected chi connectivity index (χ4v) is 2.80. The maximum Gasteiger partial charge on any atom is 0.433 e. The first kappa shape index (κ1) is 16.6. The molecule has 24 heavy (non-hydrogen) atoms. The number of hydrogen-bond donors (Lipinski definition) is 1. The zero-order valence-electron chi connectivity index (χ0n) is 13.1. The van der Waals surface area contributed by atoms with Gasteiger partial charge in [-0.1, -0.05) is 0 Å². The Kier molecular flexibility index (Phi) is 4.14. The number of carbonyl (C=O) groups is 1. The van der Waals surface area contributed by atoms with Crippen molar-refractivity contribution in [3.8, 4) is 0 Å². The highest BCUT2D eigenvalue weighted by atomic mass is 19.4. The summed E-state index contributed by atoms with van der Waals surface area (Å²) < 4.78 is 39.5. The van der Waals surface area contributed by atoms with Crippen molar-refractivity contribution >= 4 is 17.9 Å². The first-order valence-corrected chi connectivity index (χ1v) is 7.71.